The van der Waals surface area contributed by atoms with E-state index in [1.54, 1.807) is 20.0 Å². The van der Waals surface area contributed by atoms with Crippen molar-refractivity contribution in [2.24, 2.45) is 0 Å². The lowest BCUT2D eigenvalue weighted by molar-refractivity contribution is 0.0938. The van der Waals surface area contributed by atoms with Gasteiger partial charge in [-0.15, -0.1) is 10.2 Å². The first-order chi connectivity index (χ1) is 9.11. The number of aromatic amines is 1. The summed E-state index contributed by atoms with van der Waals surface area (Å²) in [4.78, 5) is 16.1. The minimum Gasteiger partial charge on any atom is -0.373 e. The molecular formula is C10H12ClN7O. The topological polar surface area (TPSA) is 108 Å². The minimum atomic E-state index is -0.381. The van der Waals surface area contributed by atoms with Crippen LogP contribution in [0, 0.1) is 0 Å². The van der Waals surface area contributed by atoms with Gasteiger partial charge in [-0.2, -0.15) is 5.21 Å². The second kappa shape index (κ2) is 5.61. The van der Waals surface area contributed by atoms with E-state index in [0.29, 0.717) is 17.2 Å². The average Bonchev–Trinajstić information content (AvgIpc) is 2.93. The van der Waals surface area contributed by atoms with Gasteiger partial charge in [0.25, 0.3) is 5.91 Å². The lowest BCUT2D eigenvalue weighted by atomic mass is 10.2. The molecule has 0 aromatic carbocycles. The van der Waals surface area contributed by atoms with Gasteiger partial charge in [-0.05, 0) is 13.0 Å². The van der Waals surface area contributed by atoms with Crippen molar-refractivity contribution in [3.05, 3.63) is 28.7 Å². The standard InChI is InChI=1S/C10H12ClN7O/c1-5(9-15-17-18-16-9)14-10(19)6-3-8(12-2)13-4-7(6)11/h3-5H,1-2H3,(H,12,13)(H,14,19)(H,15,16,17,18). The summed E-state index contributed by atoms with van der Waals surface area (Å²) in [5, 5.41) is 19.2. The number of carbonyl (C=O) groups is 1. The van der Waals surface area contributed by atoms with Gasteiger partial charge in [0.1, 0.15) is 5.82 Å². The van der Waals surface area contributed by atoms with E-state index in [9.17, 15) is 4.79 Å². The second-order valence-corrected chi connectivity index (χ2v) is 4.17. The van der Waals surface area contributed by atoms with Crippen LogP contribution in [0.25, 0.3) is 0 Å². The molecular weight excluding hydrogens is 270 g/mol. The van der Waals surface area contributed by atoms with Crippen molar-refractivity contribution in [2.75, 3.05) is 12.4 Å². The van der Waals surface area contributed by atoms with Gasteiger partial charge in [0, 0.05) is 13.2 Å². The van der Waals surface area contributed by atoms with Gasteiger partial charge in [0.05, 0.1) is 16.6 Å². The minimum absolute atomic E-state index is 0.275. The molecule has 1 atom stereocenters. The van der Waals surface area contributed by atoms with Crippen molar-refractivity contribution >= 4 is 23.3 Å². The Kier molecular flexibility index (Phi) is 3.91. The maximum absolute atomic E-state index is 12.1. The van der Waals surface area contributed by atoms with Crippen molar-refractivity contribution in [2.45, 2.75) is 13.0 Å². The van der Waals surface area contributed by atoms with E-state index >= 15 is 0 Å². The quantitative estimate of drug-likeness (QED) is 0.764. The number of rotatable bonds is 4. The van der Waals surface area contributed by atoms with Crippen LogP contribution in [0.2, 0.25) is 5.02 Å². The molecule has 3 N–H and O–H groups in total. The molecule has 0 fully saturated rings. The first kappa shape index (κ1) is 13.2. The fourth-order valence-electron chi connectivity index (χ4n) is 1.44. The highest BCUT2D eigenvalue weighted by molar-refractivity contribution is 6.33. The first-order valence-corrected chi connectivity index (χ1v) is 5.87. The van der Waals surface area contributed by atoms with Crippen LogP contribution in [-0.2, 0) is 0 Å². The molecule has 9 heteroatoms. The lowest BCUT2D eigenvalue weighted by Gasteiger charge is -2.11. The Labute approximate surface area is 114 Å². The number of anilines is 1. The Morgan fingerprint density at radius 2 is 2.32 bits per heavy atom. The maximum Gasteiger partial charge on any atom is 0.253 e. The van der Waals surface area contributed by atoms with Crippen LogP contribution in [0.3, 0.4) is 0 Å². The predicted molar refractivity (Wildman–Crippen MR) is 68.9 cm³/mol. The van der Waals surface area contributed by atoms with Gasteiger partial charge in [0.15, 0.2) is 5.82 Å². The molecule has 19 heavy (non-hydrogen) atoms. The van der Waals surface area contributed by atoms with E-state index in [0.717, 1.165) is 0 Å². The highest BCUT2D eigenvalue weighted by atomic mass is 35.5. The Morgan fingerprint density at radius 3 is 2.95 bits per heavy atom. The van der Waals surface area contributed by atoms with Crippen molar-refractivity contribution in [3.8, 4) is 0 Å². The van der Waals surface area contributed by atoms with Crippen LogP contribution in [0.4, 0.5) is 5.82 Å². The third kappa shape index (κ3) is 2.97. The van der Waals surface area contributed by atoms with Crippen molar-refractivity contribution in [3.63, 3.8) is 0 Å². The molecule has 0 bridgehead atoms. The molecule has 0 radical (unpaired) electrons. The number of amides is 1. The number of nitrogens with zero attached hydrogens (tertiary/aromatic N) is 4. The number of aromatic nitrogens is 5. The van der Waals surface area contributed by atoms with E-state index in [1.807, 2.05) is 0 Å². The fourth-order valence-corrected chi connectivity index (χ4v) is 1.63. The molecule has 0 spiro atoms. The van der Waals surface area contributed by atoms with Crippen LogP contribution in [0.15, 0.2) is 12.3 Å². The normalized spacial score (nSPS) is 11.9. The number of pyridine rings is 1. The number of carbonyl (C=O) groups excluding carboxylic acids is 1. The third-order valence-electron chi connectivity index (χ3n) is 2.45. The van der Waals surface area contributed by atoms with E-state index in [2.05, 4.69) is 36.2 Å². The highest BCUT2D eigenvalue weighted by Crippen LogP contribution is 2.18. The van der Waals surface area contributed by atoms with Crippen LogP contribution in [0.1, 0.15) is 29.1 Å². The summed E-state index contributed by atoms with van der Waals surface area (Å²) in [7, 11) is 1.71. The largest absolute Gasteiger partial charge is 0.373 e. The molecule has 0 saturated heterocycles. The maximum atomic E-state index is 12.1. The molecule has 2 rings (SSSR count). The second-order valence-electron chi connectivity index (χ2n) is 3.76. The SMILES string of the molecule is CNc1cc(C(=O)NC(C)c2nn[nH]n2)c(Cl)cn1. The predicted octanol–water partition coefficient (Wildman–Crippen LogP) is 0.781. The summed E-state index contributed by atoms with van der Waals surface area (Å²) in [6.07, 6.45) is 1.42. The molecule has 8 nitrogen and oxygen atoms in total. The van der Waals surface area contributed by atoms with E-state index in [4.69, 9.17) is 11.6 Å². The summed E-state index contributed by atoms with van der Waals surface area (Å²) in [6.45, 7) is 1.75. The van der Waals surface area contributed by atoms with Crippen LogP contribution >= 0.6 is 11.6 Å². The summed E-state index contributed by atoms with van der Waals surface area (Å²) in [5.41, 5.74) is 0.330. The molecule has 1 amide bonds. The Morgan fingerprint density at radius 1 is 1.53 bits per heavy atom. The smallest absolute Gasteiger partial charge is 0.253 e. The highest BCUT2D eigenvalue weighted by Gasteiger charge is 2.17. The van der Waals surface area contributed by atoms with Gasteiger partial charge >= 0.3 is 0 Å². The van der Waals surface area contributed by atoms with E-state index in [-0.39, 0.29) is 17.0 Å². The van der Waals surface area contributed by atoms with Gasteiger partial charge in [-0.25, -0.2) is 4.98 Å². The van der Waals surface area contributed by atoms with Crippen LogP contribution < -0.4 is 10.6 Å². The van der Waals surface area contributed by atoms with Gasteiger partial charge < -0.3 is 10.6 Å². The van der Waals surface area contributed by atoms with Crippen LogP contribution in [0.5, 0.6) is 0 Å². The van der Waals surface area contributed by atoms with E-state index < -0.39 is 0 Å². The monoisotopic (exact) mass is 281 g/mol. The fraction of sp³-hybridized carbons (Fsp3) is 0.300. The summed E-state index contributed by atoms with van der Waals surface area (Å²) in [6, 6.07) is 1.19. The Hall–Kier alpha value is -2.22. The molecule has 0 saturated carbocycles. The zero-order chi connectivity index (χ0) is 13.8. The molecule has 0 aliphatic heterocycles. The van der Waals surface area contributed by atoms with Gasteiger partial charge in [-0.1, -0.05) is 16.8 Å². The number of halogens is 1. The molecule has 100 valence electrons. The third-order valence-corrected chi connectivity index (χ3v) is 2.75. The molecule has 1 unspecified atom stereocenters. The van der Waals surface area contributed by atoms with Crippen LogP contribution in [-0.4, -0.2) is 38.6 Å². The van der Waals surface area contributed by atoms with Crippen molar-refractivity contribution < 1.29 is 4.79 Å². The summed E-state index contributed by atoms with van der Waals surface area (Å²) >= 11 is 5.96. The Balaban J connectivity index is 2.16. The first-order valence-electron chi connectivity index (χ1n) is 5.49. The molecule has 0 aliphatic carbocycles. The van der Waals surface area contributed by atoms with Gasteiger partial charge in [-0.3, -0.25) is 4.79 Å². The zero-order valence-corrected chi connectivity index (χ0v) is 11.1. The number of hydrogen-bond acceptors (Lipinski definition) is 6. The zero-order valence-electron chi connectivity index (χ0n) is 10.3. The summed E-state index contributed by atoms with van der Waals surface area (Å²) < 4.78 is 0. The molecule has 2 heterocycles. The van der Waals surface area contributed by atoms with Crippen molar-refractivity contribution in [1.29, 1.82) is 0 Å². The summed E-state index contributed by atoms with van der Waals surface area (Å²) in [5.74, 6) is 0.621. The lowest BCUT2D eigenvalue weighted by Crippen LogP contribution is -2.27. The van der Waals surface area contributed by atoms with Crippen molar-refractivity contribution in [1.82, 2.24) is 30.9 Å². The van der Waals surface area contributed by atoms with E-state index in [1.165, 1.54) is 6.20 Å². The number of nitrogens with one attached hydrogen (secondary N) is 3. The number of H-pyrrole nitrogens is 1. The van der Waals surface area contributed by atoms with Gasteiger partial charge in [0.2, 0.25) is 0 Å². The average molecular weight is 282 g/mol. The Bertz CT molecular complexity index is 571. The molecule has 0 aliphatic rings. The molecule has 2 aromatic rings. The molecule has 2 aromatic heterocycles. The number of tetrazole rings is 1. The number of hydrogen-bond donors (Lipinski definition) is 3.